The zero-order valence-corrected chi connectivity index (χ0v) is 21.0. The third-order valence-corrected chi connectivity index (χ3v) is 6.90. The number of hydrogen-bond acceptors (Lipinski definition) is 6. The number of benzene rings is 3. The predicted molar refractivity (Wildman–Crippen MR) is 143 cm³/mol. The van der Waals surface area contributed by atoms with Gasteiger partial charge in [-0.3, -0.25) is 9.59 Å². The zero-order chi connectivity index (χ0) is 25.9. The summed E-state index contributed by atoms with van der Waals surface area (Å²) in [6.07, 6.45) is 0.925. The van der Waals surface area contributed by atoms with E-state index in [0.29, 0.717) is 12.4 Å². The Morgan fingerprint density at radius 1 is 0.946 bits per heavy atom. The monoisotopic (exact) mass is 492 g/mol. The lowest BCUT2D eigenvalue weighted by atomic mass is 10.0. The second-order valence-corrected chi connectivity index (χ2v) is 9.23. The Kier molecular flexibility index (Phi) is 6.65. The molecule has 0 aliphatic carbocycles. The van der Waals surface area contributed by atoms with Gasteiger partial charge in [0.05, 0.1) is 18.0 Å². The number of nitrogens with zero attached hydrogens (tertiary/aromatic N) is 3. The molecule has 186 valence electrons. The molecule has 1 amide bonds. The maximum absolute atomic E-state index is 12.9. The number of Topliss-reactive ketones (excluding diaryl/α,β-unsaturated/α-hetero) is 1. The molecule has 0 bridgehead atoms. The summed E-state index contributed by atoms with van der Waals surface area (Å²) in [6.45, 7) is 1.11. The molecule has 7 nitrogen and oxygen atoms in total. The van der Waals surface area contributed by atoms with Crippen molar-refractivity contribution in [2.24, 2.45) is 0 Å². The summed E-state index contributed by atoms with van der Waals surface area (Å²) in [7, 11) is 3.66. The van der Waals surface area contributed by atoms with Gasteiger partial charge in [-0.25, -0.2) is 0 Å². The number of ether oxygens (including phenoxy) is 1. The molecule has 0 atom stereocenters. The average Bonchev–Trinajstić information content (AvgIpc) is 3.50. The number of amides is 1. The van der Waals surface area contributed by atoms with Crippen LogP contribution >= 0.6 is 0 Å². The van der Waals surface area contributed by atoms with E-state index in [1.165, 1.54) is 5.56 Å². The highest BCUT2D eigenvalue weighted by molar-refractivity contribution is 6.03. The lowest BCUT2D eigenvalue weighted by Gasteiger charge is -2.19. The van der Waals surface area contributed by atoms with Crippen molar-refractivity contribution in [3.05, 3.63) is 89.3 Å². The van der Waals surface area contributed by atoms with E-state index in [9.17, 15) is 14.9 Å². The first-order chi connectivity index (χ1) is 18.0. The highest BCUT2D eigenvalue weighted by Crippen LogP contribution is 2.40. The third-order valence-electron chi connectivity index (χ3n) is 6.90. The largest absolute Gasteiger partial charge is 0.493 e. The molecule has 7 heteroatoms. The minimum atomic E-state index is -0.344. The first kappa shape index (κ1) is 24.1. The van der Waals surface area contributed by atoms with Crippen molar-refractivity contribution in [3.63, 3.8) is 0 Å². The summed E-state index contributed by atoms with van der Waals surface area (Å²) < 4.78 is 5.58. The highest BCUT2D eigenvalue weighted by atomic mass is 16.5. The number of para-hydroxylation sites is 2. The van der Waals surface area contributed by atoms with Crippen molar-refractivity contribution in [1.29, 1.82) is 5.26 Å². The van der Waals surface area contributed by atoms with Crippen LogP contribution in [0.5, 0.6) is 5.75 Å². The molecule has 3 aromatic carbocycles. The Morgan fingerprint density at radius 3 is 2.30 bits per heavy atom. The first-order valence-electron chi connectivity index (χ1n) is 12.3. The quantitative estimate of drug-likeness (QED) is 0.384. The number of rotatable bonds is 7. The zero-order valence-electron chi connectivity index (χ0n) is 21.0. The van der Waals surface area contributed by atoms with E-state index in [2.05, 4.69) is 23.5 Å². The Morgan fingerprint density at radius 2 is 1.62 bits per heavy atom. The van der Waals surface area contributed by atoms with Crippen molar-refractivity contribution in [1.82, 2.24) is 5.32 Å². The maximum Gasteiger partial charge on any atom is 0.220 e. The van der Waals surface area contributed by atoms with Gasteiger partial charge in [-0.15, -0.1) is 0 Å². The highest BCUT2D eigenvalue weighted by Gasteiger charge is 2.31. The number of allylic oxidation sites excluding steroid dienone is 1. The van der Waals surface area contributed by atoms with Crippen LogP contribution in [0.2, 0.25) is 0 Å². The number of carbonyl (C=O) groups excluding carboxylic acids is 2. The number of anilines is 2. The van der Waals surface area contributed by atoms with E-state index in [1.54, 1.807) is 0 Å². The van der Waals surface area contributed by atoms with Crippen LogP contribution in [0.1, 0.15) is 24.0 Å². The predicted octanol–water partition coefficient (Wildman–Crippen LogP) is 4.58. The smallest absolute Gasteiger partial charge is 0.220 e. The fraction of sp³-hybridized carbons (Fsp3) is 0.233. The van der Waals surface area contributed by atoms with E-state index in [4.69, 9.17) is 4.74 Å². The normalized spacial score (nSPS) is 13.5. The minimum Gasteiger partial charge on any atom is -0.493 e. The molecule has 0 unspecified atom stereocenters. The van der Waals surface area contributed by atoms with Gasteiger partial charge in [0.1, 0.15) is 23.2 Å². The number of ketones is 1. The van der Waals surface area contributed by atoms with Crippen LogP contribution in [0, 0.1) is 11.3 Å². The van der Waals surface area contributed by atoms with Crippen LogP contribution in [0.4, 0.5) is 11.4 Å². The number of hydrogen-bond donors (Lipinski definition) is 1. The standard InChI is InChI=1S/C30H28N4O3/c1-33-25-5-3-4-6-26(25)34(2)30(33)24(18-31)27(35)12-14-29(36)32-19-20-7-9-21(10-8-20)22-11-13-28-23(17-22)15-16-37-28/h3-11,13,17H,12,14-16,19H2,1-2H3,(H,32,36). The molecule has 0 saturated heterocycles. The Hall–Kier alpha value is -4.57. The van der Waals surface area contributed by atoms with Gasteiger partial charge in [0.2, 0.25) is 5.91 Å². The SMILES string of the molecule is CN1C(=C(C#N)C(=O)CCC(=O)NCc2ccc(-c3ccc4c(c3)CCO4)cc2)N(C)c2ccccc21. The molecule has 0 saturated carbocycles. The summed E-state index contributed by atoms with van der Waals surface area (Å²) in [5.74, 6) is 0.926. The van der Waals surface area contributed by atoms with E-state index < -0.39 is 0 Å². The van der Waals surface area contributed by atoms with Crippen LogP contribution < -0.4 is 19.9 Å². The van der Waals surface area contributed by atoms with Crippen LogP contribution in [0.25, 0.3) is 11.1 Å². The van der Waals surface area contributed by atoms with E-state index >= 15 is 0 Å². The second-order valence-electron chi connectivity index (χ2n) is 9.23. The van der Waals surface area contributed by atoms with E-state index in [1.807, 2.05) is 78.5 Å². The molecule has 5 rings (SSSR count). The third kappa shape index (κ3) is 4.78. The van der Waals surface area contributed by atoms with Crippen molar-refractivity contribution >= 4 is 23.1 Å². The van der Waals surface area contributed by atoms with Crippen molar-refractivity contribution in [3.8, 4) is 22.9 Å². The number of nitrogens with one attached hydrogen (secondary N) is 1. The van der Waals surface area contributed by atoms with Crippen LogP contribution in [-0.2, 0) is 22.6 Å². The molecule has 0 fully saturated rings. The fourth-order valence-electron chi connectivity index (χ4n) is 4.88. The van der Waals surface area contributed by atoms with Crippen LogP contribution in [0.3, 0.4) is 0 Å². The molecule has 37 heavy (non-hydrogen) atoms. The number of carbonyl (C=O) groups is 2. The summed E-state index contributed by atoms with van der Waals surface area (Å²) >= 11 is 0. The summed E-state index contributed by atoms with van der Waals surface area (Å²) in [4.78, 5) is 29.0. The molecular weight excluding hydrogens is 464 g/mol. The molecule has 2 aliphatic rings. The van der Waals surface area contributed by atoms with E-state index in [-0.39, 0.29) is 30.1 Å². The van der Waals surface area contributed by atoms with E-state index in [0.717, 1.165) is 46.8 Å². The van der Waals surface area contributed by atoms with Crippen molar-refractivity contribution in [2.75, 3.05) is 30.5 Å². The molecule has 2 aliphatic heterocycles. The Bertz CT molecular complexity index is 1400. The Balaban J connectivity index is 1.16. The lowest BCUT2D eigenvalue weighted by molar-refractivity contribution is -0.124. The lowest BCUT2D eigenvalue weighted by Crippen LogP contribution is -2.27. The van der Waals surface area contributed by atoms with Gasteiger partial charge in [0.25, 0.3) is 0 Å². The molecule has 0 aromatic heterocycles. The average molecular weight is 493 g/mol. The summed E-state index contributed by atoms with van der Waals surface area (Å²) in [5, 5.41) is 12.6. The van der Waals surface area contributed by atoms with Crippen LogP contribution in [-0.4, -0.2) is 32.4 Å². The topological polar surface area (TPSA) is 85.7 Å². The van der Waals surface area contributed by atoms with Gasteiger partial charge in [-0.05, 0) is 46.5 Å². The molecule has 0 spiro atoms. The van der Waals surface area contributed by atoms with Gasteiger partial charge in [-0.2, -0.15) is 5.26 Å². The van der Waals surface area contributed by atoms with Crippen molar-refractivity contribution < 1.29 is 14.3 Å². The van der Waals surface area contributed by atoms with Gasteiger partial charge in [-0.1, -0.05) is 42.5 Å². The summed E-state index contributed by atoms with van der Waals surface area (Å²) in [6, 6.07) is 24.1. The summed E-state index contributed by atoms with van der Waals surface area (Å²) in [5.41, 5.74) is 6.36. The molecule has 1 N–H and O–H groups in total. The van der Waals surface area contributed by atoms with Gasteiger partial charge in [0.15, 0.2) is 5.78 Å². The van der Waals surface area contributed by atoms with Gasteiger partial charge >= 0.3 is 0 Å². The van der Waals surface area contributed by atoms with Crippen LogP contribution in [0.15, 0.2) is 78.1 Å². The second kappa shape index (κ2) is 10.2. The maximum atomic E-state index is 12.9. The Labute approximate surface area is 216 Å². The molecular formula is C30H28N4O3. The number of fused-ring (bicyclic) bond motifs is 2. The van der Waals surface area contributed by atoms with Crippen molar-refractivity contribution in [2.45, 2.75) is 25.8 Å². The first-order valence-corrected chi connectivity index (χ1v) is 12.3. The van der Waals surface area contributed by atoms with Gasteiger partial charge in [0, 0.05) is 39.9 Å². The minimum absolute atomic E-state index is 0.0208. The number of nitriles is 1. The molecule has 2 heterocycles. The molecule has 3 aromatic rings. The van der Waals surface area contributed by atoms with Gasteiger partial charge < -0.3 is 19.9 Å². The molecule has 0 radical (unpaired) electrons. The fourth-order valence-corrected chi connectivity index (χ4v) is 4.88.